The first kappa shape index (κ1) is 27.0. The van der Waals surface area contributed by atoms with Gasteiger partial charge in [-0.15, -0.1) is 0 Å². The van der Waals surface area contributed by atoms with Crippen molar-refractivity contribution in [2.24, 2.45) is 0 Å². The standard InChI is InChI=1S/C23H43NO6/c1-3-4-6-11-19(26)12-7-5-9-16-24-22(27)13-8-10-17-29-23-21(28-2)15-14-20(18-25)30-23/h20-21,23,25H,3-18H2,1-2H3,(H,24,27). The molecule has 0 radical (unpaired) electrons. The molecule has 176 valence electrons. The van der Waals surface area contributed by atoms with Crippen molar-refractivity contribution in [1.82, 2.24) is 5.32 Å². The van der Waals surface area contributed by atoms with Gasteiger partial charge in [-0.1, -0.05) is 26.2 Å². The molecule has 1 aliphatic heterocycles. The highest BCUT2D eigenvalue weighted by atomic mass is 16.7. The zero-order valence-electron chi connectivity index (χ0n) is 19.0. The van der Waals surface area contributed by atoms with Crippen molar-refractivity contribution in [3.05, 3.63) is 0 Å². The lowest BCUT2D eigenvalue weighted by atomic mass is 10.1. The molecule has 1 amide bonds. The smallest absolute Gasteiger partial charge is 0.219 e. The fourth-order valence-electron chi connectivity index (χ4n) is 3.57. The molecule has 0 aromatic heterocycles. The van der Waals surface area contributed by atoms with Crippen molar-refractivity contribution in [2.75, 3.05) is 26.9 Å². The first-order valence-electron chi connectivity index (χ1n) is 11.8. The number of ketones is 1. The molecule has 1 rings (SSSR count). The number of hydrogen-bond donors (Lipinski definition) is 2. The number of unbranched alkanes of at least 4 members (excludes halogenated alkanes) is 5. The quantitative estimate of drug-likeness (QED) is 0.324. The SMILES string of the molecule is CCCCCC(=O)CCCCCNC(=O)CCCCOC1OC(CO)CCC1OC. The summed E-state index contributed by atoms with van der Waals surface area (Å²) in [4.78, 5) is 23.6. The van der Waals surface area contributed by atoms with Crippen LogP contribution in [0.15, 0.2) is 0 Å². The summed E-state index contributed by atoms with van der Waals surface area (Å²) >= 11 is 0. The van der Waals surface area contributed by atoms with Gasteiger partial charge in [0, 0.05) is 39.5 Å². The van der Waals surface area contributed by atoms with Crippen LogP contribution in [0.25, 0.3) is 0 Å². The van der Waals surface area contributed by atoms with E-state index in [2.05, 4.69) is 12.2 Å². The van der Waals surface area contributed by atoms with Gasteiger partial charge in [0.05, 0.1) is 12.7 Å². The Morgan fingerprint density at radius 2 is 1.73 bits per heavy atom. The highest BCUT2D eigenvalue weighted by Crippen LogP contribution is 2.22. The Balaban J connectivity index is 1.96. The number of aliphatic hydroxyl groups is 1. The van der Waals surface area contributed by atoms with E-state index in [1.807, 2.05) is 0 Å². The summed E-state index contributed by atoms with van der Waals surface area (Å²) in [6.07, 6.45) is 10.3. The van der Waals surface area contributed by atoms with Crippen molar-refractivity contribution in [2.45, 2.75) is 109 Å². The Labute approximate surface area is 182 Å². The van der Waals surface area contributed by atoms with Crippen molar-refractivity contribution in [3.8, 4) is 0 Å². The molecule has 2 N–H and O–H groups in total. The Morgan fingerprint density at radius 3 is 2.43 bits per heavy atom. The zero-order chi connectivity index (χ0) is 22.0. The third-order valence-corrected chi connectivity index (χ3v) is 5.50. The summed E-state index contributed by atoms with van der Waals surface area (Å²) in [6, 6.07) is 0. The zero-order valence-corrected chi connectivity index (χ0v) is 19.0. The average molecular weight is 430 g/mol. The van der Waals surface area contributed by atoms with Crippen LogP contribution in [0.5, 0.6) is 0 Å². The number of rotatable bonds is 18. The van der Waals surface area contributed by atoms with Gasteiger partial charge in [-0.25, -0.2) is 0 Å². The van der Waals surface area contributed by atoms with E-state index in [1.165, 1.54) is 0 Å². The number of methoxy groups -OCH3 is 1. The van der Waals surface area contributed by atoms with Crippen LogP contribution < -0.4 is 5.32 Å². The first-order chi connectivity index (χ1) is 14.6. The number of amides is 1. The first-order valence-corrected chi connectivity index (χ1v) is 11.8. The maximum Gasteiger partial charge on any atom is 0.219 e. The lowest BCUT2D eigenvalue weighted by Crippen LogP contribution is -2.43. The van der Waals surface area contributed by atoms with Crippen LogP contribution in [0, 0.1) is 0 Å². The van der Waals surface area contributed by atoms with E-state index >= 15 is 0 Å². The lowest BCUT2D eigenvalue weighted by molar-refractivity contribution is -0.250. The molecule has 30 heavy (non-hydrogen) atoms. The van der Waals surface area contributed by atoms with Gasteiger partial charge in [0.2, 0.25) is 5.91 Å². The van der Waals surface area contributed by atoms with E-state index in [9.17, 15) is 14.7 Å². The Morgan fingerprint density at radius 1 is 1.00 bits per heavy atom. The van der Waals surface area contributed by atoms with E-state index in [1.54, 1.807) is 7.11 Å². The summed E-state index contributed by atoms with van der Waals surface area (Å²) < 4.78 is 16.8. The minimum atomic E-state index is -0.451. The van der Waals surface area contributed by atoms with Crippen LogP contribution >= 0.6 is 0 Å². The number of carbonyl (C=O) groups excluding carboxylic acids is 2. The normalized spacial score (nSPS) is 21.5. The summed E-state index contributed by atoms with van der Waals surface area (Å²) in [6.45, 7) is 3.31. The molecule has 7 heteroatoms. The highest BCUT2D eigenvalue weighted by molar-refractivity contribution is 5.78. The molecule has 3 unspecified atom stereocenters. The van der Waals surface area contributed by atoms with Crippen molar-refractivity contribution < 1.29 is 28.9 Å². The maximum absolute atomic E-state index is 11.9. The van der Waals surface area contributed by atoms with Crippen LogP contribution in [0.3, 0.4) is 0 Å². The van der Waals surface area contributed by atoms with Gasteiger partial charge >= 0.3 is 0 Å². The number of nitrogens with one attached hydrogen (secondary N) is 1. The van der Waals surface area contributed by atoms with Crippen LogP contribution in [0.2, 0.25) is 0 Å². The Hall–Kier alpha value is -1.02. The second-order valence-electron chi connectivity index (χ2n) is 8.14. The molecule has 0 saturated carbocycles. The number of Topliss-reactive ketones (excluding diaryl/α,β-unsaturated/α-hetero) is 1. The second kappa shape index (κ2) is 17.6. The maximum atomic E-state index is 11.9. The Kier molecular flexibility index (Phi) is 15.9. The van der Waals surface area contributed by atoms with E-state index in [0.29, 0.717) is 31.8 Å². The molecule has 1 saturated heterocycles. The van der Waals surface area contributed by atoms with E-state index < -0.39 is 6.29 Å². The predicted octanol–water partition coefficient (Wildman–Crippen LogP) is 3.51. The minimum Gasteiger partial charge on any atom is -0.394 e. The van der Waals surface area contributed by atoms with Crippen LogP contribution in [-0.4, -0.2) is 62.2 Å². The fourth-order valence-corrected chi connectivity index (χ4v) is 3.57. The van der Waals surface area contributed by atoms with Crippen molar-refractivity contribution in [1.29, 1.82) is 0 Å². The second-order valence-corrected chi connectivity index (χ2v) is 8.14. The van der Waals surface area contributed by atoms with Crippen LogP contribution in [0.4, 0.5) is 0 Å². The predicted molar refractivity (Wildman–Crippen MR) is 116 cm³/mol. The largest absolute Gasteiger partial charge is 0.394 e. The molecule has 0 spiro atoms. The molecular weight excluding hydrogens is 386 g/mol. The van der Waals surface area contributed by atoms with Gasteiger partial charge in [-0.3, -0.25) is 9.59 Å². The fraction of sp³-hybridized carbons (Fsp3) is 0.913. The molecule has 0 aliphatic carbocycles. The van der Waals surface area contributed by atoms with Crippen molar-refractivity contribution >= 4 is 11.7 Å². The van der Waals surface area contributed by atoms with E-state index in [4.69, 9.17) is 14.2 Å². The third-order valence-electron chi connectivity index (χ3n) is 5.50. The molecular formula is C23H43NO6. The van der Waals surface area contributed by atoms with Crippen molar-refractivity contribution in [3.63, 3.8) is 0 Å². The summed E-state index contributed by atoms with van der Waals surface area (Å²) in [5, 5.41) is 12.2. The highest BCUT2D eigenvalue weighted by Gasteiger charge is 2.31. The molecule has 1 fully saturated rings. The Bertz CT molecular complexity index is 459. The summed E-state index contributed by atoms with van der Waals surface area (Å²) in [7, 11) is 1.64. The van der Waals surface area contributed by atoms with Gasteiger partial charge in [-0.2, -0.15) is 0 Å². The molecule has 3 atom stereocenters. The number of aliphatic hydroxyl groups excluding tert-OH is 1. The average Bonchev–Trinajstić information content (AvgIpc) is 2.75. The van der Waals surface area contributed by atoms with Gasteiger partial charge < -0.3 is 24.6 Å². The molecule has 1 heterocycles. The van der Waals surface area contributed by atoms with E-state index in [0.717, 1.165) is 70.6 Å². The minimum absolute atomic E-state index is 0.00820. The van der Waals surface area contributed by atoms with Gasteiger partial charge in [0.1, 0.15) is 11.9 Å². The van der Waals surface area contributed by atoms with Gasteiger partial charge in [0.15, 0.2) is 6.29 Å². The molecule has 0 aromatic rings. The third kappa shape index (κ3) is 12.6. The van der Waals surface area contributed by atoms with Gasteiger partial charge in [0.25, 0.3) is 0 Å². The molecule has 0 bridgehead atoms. The van der Waals surface area contributed by atoms with Crippen LogP contribution in [-0.2, 0) is 23.8 Å². The monoisotopic (exact) mass is 429 g/mol. The topological polar surface area (TPSA) is 94.1 Å². The number of ether oxygens (including phenoxy) is 3. The van der Waals surface area contributed by atoms with Crippen LogP contribution in [0.1, 0.15) is 90.4 Å². The number of hydrogen-bond acceptors (Lipinski definition) is 6. The molecule has 0 aromatic carbocycles. The van der Waals surface area contributed by atoms with E-state index in [-0.39, 0.29) is 24.7 Å². The van der Waals surface area contributed by atoms with Gasteiger partial charge in [-0.05, 0) is 44.9 Å². The number of carbonyl (C=O) groups is 2. The summed E-state index contributed by atoms with van der Waals surface area (Å²) in [5.41, 5.74) is 0. The lowest BCUT2D eigenvalue weighted by Gasteiger charge is -2.34. The molecule has 7 nitrogen and oxygen atoms in total. The molecule has 1 aliphatic rings. The summed E-state index contributed by atoms with van der Waals surface area (Å²) in [5.74, 6) is 0.437.